The Morgan fingerprint density at radius 1 is 1.05 bits per heavy atom. The van der Waals surface area contributed by atoms with Crippen LogP contribution in [0.25, 0.3) is 11.1 Å². The Kier molecular flexibility index (Phi) is 3.34. The molecular weight excluding hydrogens is 280 g/mol. The van der Waals surface area contributed by atoms with Gasteiger partial charge in [0.25, 0.3) is 0 Å². The van der Waals surface area contributed by atoms with E-state index >= 15 is 0 Å². The van der Waals surface area contributed by atoms with Crippen LogP contribution in [0.2, 0.25) is 0 Å². The maximum Gasteiger partial charge on any atom is 0.248 e. The average molecular weight is 296 g/mol. The lowest BCUT2D eigenvalue weighted by molar-refractivity contribution is 1.10. The molecule has 2 aromatic heterocycles. The summed E-state index contributed by atoms with van der Waals surface area (Å²) in [5, 5.41) is 9.65. The molecule has 0 spiro atoms. The number of benzene rings is 1. The number of H-pyrrole nitrogens is 1. The van der Waals surface area contributed by atoms with Crippen LogP contribution in [-0.2, 0) is 0 Å². The highest BCUT2D eigenvalue weighted by Crippen LogP contribution is 2.30. The predicted molar refractivity (Wildman–Crippen MR) is 85.4 cm³/mol. The standard InChI is InChI=1S/C14H16N8/c1-7-3-10(19-14-20-13(16)21-22-14)4-8(2)11(7)9-5-17-12(15)18-6-9/h3-6H,1-2H3,(H2,15,17,18)(H4,16,19,20,21,22). The summed E-state index contributed by atoms with van der Waals surface area (Å²) >= 11 is 0. The summed E-state index contributed by atoms with van der Waals surface area (Å²) in [4.78, 5) is 12.1. The fourth-order valence-corrected chi connectivity index (χ4v) is 2.42. The van der Waals surface area contributed by atoms with Gasteiger partial charge < -0.3 is 16.8 Å². The second-order valence-electron chi connectivity index (χ2n) is 4.98. The summed E-state index contributed by atoms with van der Waals surface area (Å²) in [5.74, 6) is 0.964. The van der Waals surface area contributed by atoms with Crippen molar-refractivity contribution >= 4 is 23.5 Å². The van der Waals surface area contributed by atoms with E-state index in [4.69, 9.17) is 11.5 Å². The molecule has 8 nitrogen and oxygen atoms in total. The zero-order chi connectivity index (χ0) is 15.7. The van der Waals surface area contributed by atoms with Gasteiger partial charge in [0.1, 0.15) is 0 Å². The third kappa shape index (κ3) is 2.66. The van der Waals surface area contributed by atoms with Crippen LogP contribution < -0.4 is 16.8 Å². The third-order valence-corrected chi connectivity index (χ3v) is 3.25. The number of nitrogens with one attached hydrogen (secondary N) is 2. The van der Waals surface area contributed by atoms with Gasteiger partial charge in [-0.3, -0.25) is 0 Å². The first-order valence-corrected chi connectivity index (χ1v) is 6.67. The Hall–Kier alpha value is -3.16. The Labute approximate surface area is 127 Å². The summed E-state index contributed by atoms with van der Waals surface area (Å²) in [5.41, 5.74) is 16.1. The number of rotatable bonds is 3. The second kappa shape index (κ2) is 5.32. The highest BCUT2D eigenvalue weighted by atomic mass is 15.3. The molecule has 0 saturated heterocycles. The molecule has 8 heteroatoms. The Morgan fingerprint density at radius 2 is 1.68 bits per heavy atom. The van der Waals surface area contributed by atoms with Crippen molar-refractivity contribution in [2.24, 2.45) is 0 Å². The average Bonchev–Trinajstić information content (AvgIpc) is 2.85. The topological polar surface area (TPSA) is 131 Å². The number of aryl methyl sites for hydroxylation is 2. The van der Waals surface area contributed by atoms with Crippen LogP contribution >= 0.6 is 0 Å². The number of nitrogens with zero attached hydrogens (tertiary/aromatic N) is 4. The highest BCUT2D eigenvalue weighted by Gasteiger charge is 2.10. The van der Waals surface area contributed by atoms with Crippen LogP contribution in [0.15, 0.2) is 24.5 Å². The number of anilines is 4. The number of nitrogen functional groups attached to an aromatic ring is 2. The van der Waals surface area contributed by atoms with Crippen molar-refractivity contribution in [3.63, 3.8) is 0 Å². The number of nitrogens with two attached hydrogens (primary N) is 2. The summed E-state index contributed by atoms with van der Waals surface area (Å²) in [6.07, 6.45) is 3.45. The fourth-order valence-electron chi connectivity index (χ4n) is 2.42. The van der Waals surface area contributed by atoms with E-state index in [1.165, 1.54) is 0 Å². The lowest BCUT2D eigenvalue weighted by atomic mass is 9.97. The van der Waals surface area contributed by atoms with Gasteiger partial charge in [-0.15, -0.1) is 5.10 Å². The van der Waals surface area contributed by atoms with Crippen LogP contribution in [0.5, 0.6) is 0 Å². The van der Waals surface area contributed by atoms with Crippen LogP contribution in [0.3, 0.4) is 0 Å². The molecule has 0 aliphatic heterocycles. The summed E-state index contributed by atoms with van der Waals surface area (Å²) in [6.45, 7) is 4.05. The Bertz CT molecular complexity index is 783. The molecule has 6 N–H and O–H groups in total. The van der Waals surface area contributed by atoms with Gasteiger partial charge in [-0.05, 0) is 42.7 Å². The quantitative estimate of drug-likeness (QED) is 0.579. The molecule has 0 aliphatic carbocycles. The molecule has 0 saturated carbocycles. The summed E-state index contributed by atoms with van der Waals surface area (Å²) < 4.78 is 0. The SMILES string of the molecule is Cc1cc(Nc2n[nH]c(N)n2)cc(C)c1-c1cnc(N)nc1. The largest absolute Gasteiger partial charge is 0.368 e. The van der Waals surface area contributed by atoms with Crippen molar-refractivity contribution in [2.75, 3.05) is 16.8 Å². The minimum absolute atomic E-state index is 0.263. The first-order chi connectivity index (χ1) is 10.5. The molecule has 0 aliphatic rings. The van der Waals surface area contributed by atoms with Gasteiger partial charge in [0, 0.05) is 23.6 Å². The summed E-state index contributed by atoms with van der Waals surface area (Å²) in [6, 6.07) is 4.01. The molecular formula is C14H16N8. The molecule has 1 aromatic carbocycles. The molecule has 3 rings (SSSR count). The van der Waals surface area contributed by atoms with Gasteiger partial charge in [-0.2, -0.15) is 4.98 Å². The van der Waals surface area contributed by atoms with Gasteiger partial charge in [0.15, 0.2) is 0 Å². The molecule has 0 atom stereocenters. The van der Waals surface area contributed by atoms with Crippen molar-refractivity contribution in [1.82, 2.24) is 25.1 Å². The number of hydrogen-bond donors (Lipinski definition) is 4. The Balaban J connectivity index is 1.95. The van der Waals surface area contributed by atoms with E-state index in [0.717, 1.165) is 27.9 Å². The minimum atomic E-state index is 0.263. The van der Waals surface area contributed by atoms with Crippen LogP contribution in [0.1, 0.15) is 11.1 Å². The van der Waals surface area contributed by atoms with E-state index in [9.17, 15) is 0 Å². The molecule has 112 valence electrons. The molecule has 22 heavy (non-hydrogen) atoms. The van der Waals surface area contributed by atoms with Crippen molar-refractivity contribution in [3.8, 4) is 11.1 Å². The Morgan fingerprint density at radius 3 is 2.23 bits per heavy atom. The van der Waals surface area contributed by atoms with Crippen molar-refractivity contribution < 1.29 is 0 Å². The van der Waals surface area contributed by atoms with Gasteiger partial charge in [0.05, 0.1) is 0 Å². The van der Waals surface area contributed by atoms with E-state index in [1.807, 2.05) is 26.0 Å². The van der Waals surface area contributed by atoms with Gasteiger partial charge in [-0.1, -0.05) is 0 Å². The third-order valence-electron chi connectivity index (χ3n) is 3.25. The smallest absolute Gasteiger partial charge is 0.248 e. The second-order valence-corrected chi connectivity index (χ2v) is 4.98. The molecule has 2 heterocycles. The van der Waals surface area contributed by atoms with E-state index in [-0.39, 0.29) is 11.9 Å². The maximum atomic E-state index is 5.53. The van der Waals surface area contributed by atoms with E-state index < -0.39 is 0 Å². The van der Waals surface area contributed by atoms with Gasteiger partial charge >= 0.3 is 0 Å². The zero-order valence-electron chi connectivity index (χ0n) is 12.3. The number of hydrogen-bond acceptors (Lipinski definition) is 7. The summed E-state index contributed by atoms with van der Waals surface area (Å²) in [7, 11) is 0. The number of aromatic nitrogens is 5. The van der Waals surface area contributed by atoms with Crippen molar-refractivity contribution in [3.05, 3.63) is 35.7 Å². The fraction of sp³-hybridized carbons (Fsp3) is 0.143. The number of aromatic amines is 1. The minimum Gasteiger partial charge on any atom is -0.368 e. The molecule has 3 aromatic rings. The molecule has 0 bridgehead atoms. The van der Waals surface area contributed by atoms with E-state index in [0.29, 0.717) is 5.95 Å². The molecule has 0 radical (unpaired) electrons. The molecule has 0 fully saturated rings. The maximum absolute atomic E-state index is 5.53. The van der Waals surface area contributed by atoms with E-state index in [2.05, 4.69) is 30.5 Å². The van der Waals surface area contributed by atoms with E-state index in [1.54, 1.807) is 12.4 Å². The normalized spacial score (nSPS) is 10.6. The van der Waals surface area contributed by atoms with Crippen molar-refractivity contribution in [1.29, 1.82) is 0 Å². The van der Waals surface area contributed by atoms with Gasteiger partial charge in [-0.25, -0.2) is 15.1 Å². The lowest BCUT2D eigenvalue weighted by Gasteiger charge is -2.12. The molecule has 0 unspecified atom stereocenters. The van der Waals surface area contributed by atoms with Crippen molar-refractivity contribution in [2.45, 2.75) is 13.8 Å². The predicted octanol–water partition coefficient (Wildman–Crippen LogP) is 1.79. The first-order valence-electron chi connectivity index (χ1n) is 6.67. The monoisotopic (exact) mass is 296 g/mol. The van der Waals surface area contributed by atoms with Crippen LogP contribution in [0, 0.1) is 13.8 Å². The molecule has 0 amide bonds. The zero-order valence-corrected chi connectivity index (χ0v) is 12.3. The lowest BCUT2D eigenvalue weighted by Crippen LogP contribution is -1.98. The van der Waals surface area contributed by atoms with Crippen LogP contribution in [-0.4, -0.2) is 25.1 Å². The highest BCUT2D eigenvalue weighted by molar-refractivity contribution is 5.74. The van der Waals surface area contributed by atoms with Gasteiger partial charge in [0.2, 0.25) is 17.8 Å². The first kappa shape index (κ1) is 13.8. The van der Waals surface area contributed by atoms with Crippen LogP contribution in [0.4, 0.5) is 23.5 Å².